The molecule has 8 rings (SSSR count). The van der Waals surface area contributed by atoms with Gasteiger partial charge in [-0.3, -0.25) is 4.98 Å². The van der Waals surface area contributed by atoms with Crippen LogP contribution in [0.5, 0.6) is 0 Å². The van der Waals surface area contributed by atoms with Gasteiger partial charge in [0.2, 0.25) is 0 Å². The van der Waals surface area contributed by atoms with Gasteiger partial charge in [0.1, 0.15) is 0 Å². The minimum Gasteiger partial charge on any atom is -0.256 e. The Morgan fingerprint density at radius 2 is 0.837 bits per heavy atom. The van der Waals surface area contributed by atoms with Crippen molar-refractivity contribution in [3.8, 4) is 22.4 Å². The number of hydrogen-bond acceptors (Lipinski definition) is 2. The summed E-state index contributed by atoms with van der Waals surface area (Å²) in [5.41, 5.74) is 13.1. The first-order valence-electron chi connectivity index (χ1n) is 17.4. The topological polar surface area (TPSA) is 12.9 Å². The molecule has 0 aliphatic rings. The van der Waals surface area contributed by atoms with Gasteiger partial charge in [0.25, 0.3) is 0 Å². The lowest BCUT2D eigenvalue weighted by atomic mass is 9.94. The van der Waals surface area contributed by atoms with Crippen LogP contribution in [0.25, 0.3) is 42.6 Å². The second-order valence-electron chi connectivity index (χ2n) is 13.1. The van der Waals surface area contributed by atoms with Crippen LogP contribution in [0.15, 0.2) is 164 Å². The summed E-state index contributed by atoms with van der Waals surface area (Å²) >= 11 is 1.86. The summed E-state index contributed by atoms with van der Waals surface area (Å²) in [7, 11) is 0. The van der Waals surface area contributed by atoms with Gasteiger partial charge >= 0.3 is 0 Å². The molecule has 49 heavy (non-hydrogen) atoms. The smallest absolute Gasteiger partial charge is 0.0708 e. The highest BCUT2D eigenvalue weighted by atomic mass is 32.1. The number of aromatic nitrogens is 1. The van der Waals surface area contributed by atoms with E-state index in [2.05, 4.69) is 158 Å². The Bertz CT molecular complexity index is 2260. The highest BCUT2D eigenvalue weighted by molar-refractivity contribution is 7.25. The van der Waals surface area contributed by atoms with E-state index in [9.17, 15) is 0 Å². The van der Waals surface area contributed by atoms with Crippen LogP contribution in [0.1, 0.15) is 33.4 Å². The molecule has 0 saturated carbocycles. The van der Waals surface area contributed by atoms with Crippen LogP contribution >= 0.6 is 11.3 Å². The fourth-order valence-electron chi connectivity index (χ4n) is 6.94. The van der Waals surface area contributed by atoms with Crippen LogP contribution in [0.4, 0.5) is 0 Å². The molecule has 0 fully saturated rings. The first-order valence-corrected chi connectivity index (χ1v) is 18.2. The molecule has 0 spiro atoms. The summed E-state index contributed by atoms with van der Waals surface area (Å²) in [5, 5.41) is 2.67. The van der Waals surface area contributed by atoms with E-state index in [-0.39, 0.29) is 0 Å². The third-order valence-electron chi connectivity index (χ3n) is 9.63. The summed E-state index contributed by atoms with van der Waals surface area (Å²) in [6.45, 7) is 0. The number of benzene rings is 6. The van der Waals surface area contributed by atoms with E-state index in [4.69, 9.17) is 4.98 Å². The first kappa shape index (κ1) is 31.0. The van der Waals surface area contributed by atoms with Crippen molar-refractivity contribution in [2.45, 2.75) is 38.5 Å². The van der Waals surface area contributed by atoms with E-state index in [1.54, 1.807) is 0 Å². The summed E-state index contributed by atoms with van der Waals surface area (Å²) in [5.74, 6) is 0. The number of rotatable bonds is 11. The number of hydrogen-bond donors (Lipinski definition) is 0. The summed E-state index contributed by atoms with van der Waals surface area (Å²) < 4.78 is 2.66. The highest BCUT2D eigenvalue weighted by Gasteiger charge is 2.09. The molecule has 1 nitrogen and oxygen atoms in total. The molecular formula is C47H39NS. The van der Waals surface area contributed by atoms with Crippen LogP contribution in [-0.4, -0.2) is 4.98 Å². The zero-order valence-electron chi connectivity index (χ0n) is 27.7. The molecule has 0 aliphatic heterocycles. The Morgan fingerprint density at radius 1 is 0.347 bits per heavy atom. The first-order chi connectivity index (χ1) is 24.2. The molecular weight excluding hydrogens is 611 g/mol. The number of aryl methyl sites for hydroxylation is 6. The van der Waals surface area contributed by atoms with E-state index in [1.165, 1.54) is 64.7 Å². The van der Waals surface area contributed by atoms with Crippen molar-refractivity contribution in [1.82, 2.24) is 4.98 Å². The fourth-order valence-corrected chi connectivity index (χ4v) is 8.09. The molecule has 6 aromatic carbocycles. The zero-order chi connectivity index (χ0) is 32.8. The monoisotopic (exact) mass is 649 g/mol. The average Bonchev–Trinajstić information content (AvgIpc) is 3.55. The largest absolute Gasteiger partial charge is 0.256 e. The molecule has 2 heterocycles. The van der Waals surface area contributed by atoms with Crippen LogP contribution in [-0.2, 0) is 38.5 Å². The van der Waals surface area contributed by atoms with Gasteiger partial charge in [0.15, 0.2) is 0 Å². The van der Waals surface area contributed by atoms with E-state index < -0.39 is 0 Å². The fraction of sp³-hybridized carbons (Fsp3) is 0.128. The Kier molecular flexibility index (Phi) is 9.13. The van der Waals surface area contributed by atoms with Crippen LogP contribution in [0.2, 0.25) is 0 Å². The van der Waals surface area contributed by atoms with Crippen LogP contribution in [0, 0.1) is 0 Å². The Labute approximate surface area is 293 Å². The van der Waals surface area contributed by atoms with Gasteiger partial charge in [0.05, 0.1) is 5.69 Å². The lowest BCUT2D eigenvalue weighted by molar-refractivity contribution is 0.903. The number of fused-ring (bicyclic) bond motifs is 3. The molecule has 0 radical (unpaired) electrons. The van der Waals surface area contributed by atoms with Crippen molar-refractivity contribution in [3.63, 3.8) is 0 Å². The lowest BCUT2D eigenvalue weighted by Gasteiger charge is -2.12. The predicted molar refractivity (Wildman–Crippen MR) is 210 cm³/mol. The van der Waals surface area contributed by atoms with Gasteiger partial charge in [-0.25, -0.2) is 0 Å². The van der Waals surface area contributed by atoms with Crippen LogP contribution < -0.4 is 0 Å². The quantitative estimate of drug-likeness (QED) is 0.136. The minimum atomic E-state index is 1.01. The Morgan fingerprint density at radius 3 is 1.47 bits per heavy atom. The normalized spacial score (nSPS) is 11.3. The predicted octanol–water partition coefficient (Wildman–Crippen LogP) is 12.1. The molecule has 0 saturated heterocycles. The Balaban J connectivity index is 0.968. The third kappa shape index (κ3) is 7.41. The van der Waals surface area contributed by atoms with Crippen LogP contribution in [0.3, 0.4) is 0 Å². The Hall–Kier alpha value is -5.31. The standard InChI is InChI=1S/C47H39NS/c1-3-9-34(10-4-1)15-18-37-29-38(19-16-35-11-5-2-6-12-35)31-39(30-37)20-17-36-21-23-40(24-22-36)45-32-42(27-28-48-45)41-25-26-44-43-13-7-8-14-46(43)49-47(44)33-41/h1-14,21-33H,15-20H2. The maximum absolute atomic E-state index is 4.76. The van der Waals surface area contributed by atoms with Gasteiger partial charge in [-0.05, 0) is 107 Å². The number of thiophene rings is 1. The second kappa shape index (κ2) is 14.4. The molecule has 2 heteroatoms. The van der Waals surface area contributed by atoms with E-state index in [1.807, 2.05) is 17.5 Å². The molecule has 0 amide bonds. The van der Waals surface area contributed by atoms with Gasteiger partial charge in [-0.15, -0.1) is 11.3 Å². The highest BCUT2D eigenvalue weighted by Crippen LogP contribution is 2.36. The minimum absolute atomic E-state index is 1.01. The van der Waals surface area contributed by atoms with Crippen molar-refractivity contribution in [3.05, 3.63) is 197 Å². The van der Waals surface area contributed by atoms with Gasteiger partial charge in [-0.1, -0.05) is 133 Å². The van der Waals surface area contributed by atoms with Gasteiger partial charge in [0, 0.05) is 31.9 Å². The van der Waals surface area contributed by atoms with Crippen molar-refractivity contribution < 1.29 is 0 Å². The summed E-state index contributed by atoms with van der Waals surface area (Å²) in [6, 6.07) is 57.9. The van der Waals surface area contributed by atoms with E-state index in [0.29, 0.717) is 0 Å². The van der Waals surface area contributed by atoms with Crippen molar-refractivity contribution in [2.75, 3.05) is 0 Å². The molecule has 0 aliphatic carbocycles. The summed E-state index contributed by atoms with van der Waals surface area (Å²) in [4.78, 5) is 4.76. The van der Waals surface area contributed by atoms with E-state index in [0.717, 1.165) is 49.8 Å². The van der Waals surface area contributed by atoms with Crippen molar-refractivity contribution in [2.24, 2.45) is 0 Å². The average molecular weight is 650 g/mol. The van der Waals surface area contributed by atoms with Gasteiger partial charge < -0.3 is 0 Å². The second-order valence-corrected chi connectivity index (χ2v) is 14.1. The SMILES string of the molecule is c1ccc(CCc2cc(CCc3ccccc3)cc(CCc3ccc(-c4cc(-c5ccc6c(c5)sc5ccccc56)ccn4)cc3)c2)cc1. The van der Waals surface area contributed by atoms with E-state index >= 15 is 0 Å². The zero-order valence-corrected chi connectivity index (χ0v) is 28.5. The molecule has 2 aromatic heterocycles. The maximum Gasteiger partial charge on any atom is 0.0708 e. The summed E-state index contributed by atoms with van der Waals surface area (Å²) in [6.07, 6.45) is 8.25. The molecule has 0 unspecified atom stereocenters. The third-order valence-corrected chi connectivity index (χ3v) is 10.8. The molecule has 0 atom stereocenters. The lowest BCUT2D eigenvalue weighted by Crippen LogP contribution is -2.00. The van der Waals surface area contributed by atoms with Crippen molar-refractivity contribution >= 4 is 31.5 Å². The molecule has 238 valence electrons. The molecule has 0 N–H and O–H groups in total. The molecule has 8 aromatic rings. The van der Waals surface area contributed by atoms with Crippen molar-refractivity contribution in [1.29, 1.82) is 0 Å². The molecule has 0 bridgehead atoms. The number of pyridine rings is 1. The van der Waals surface area contributed by atoms with Gasteiger partial charge in [-0.2, -0.15) is 0 Å². The maximum atomic E-state index is 4.76. The number of nitrogens with zero attached hydrogens (tertiary/aromatic N) is 1.